The maximum absolute atomic E-state index is 12.2. The summed E-state index contributed by atoms with van der Waals surface area (Å²) in [5.41, 5.74) is 0. The van der Waals surface area contributed by atoms with Gasteiger partial charge in [-0.2, -0.15) is 12.7 Å². The predicted octanol–water partition coefficient (Wildman–Crippen LogP) is 0.627. The van der Waals surface area contributed by atoms with E-state index in [2.05, 4.69) is 21.9 Å². The number of hydrogen-bond donors (Lipinski definition) is 2. The number of likely N-dealkylation sites (tertiary alicyclic amines) is 1. The quantitative estimate of drug-likeness (QED) is 0.580. The van der Waals surface area contributed by atoms with Crippen molar-refractivity contribution in [3.05, 3.63) is 0 Å². The first-order valence-corrected chi connectivity index (χ1v) is 9.57. The van der Waals surface area contributed by atoms with Crippen molar-refractivity contribution in [1.29, 1.82) is 0 Å². The van der Waals surface area contributed by atoms with Crippen LogP contribution < -0.4 is 10.0 Å². The second-order valence-electron chi connectivity index (χ2n) is 5.83. The fourth-order valence-electron chi connectivity index (χ4n) is 2.55. The Kier molecular flexibility index (Phi) is 8.73. The highest BCUT2D eigenvalue weighted by Crippen LogP contribution is 2.11. The molecule has 1 aliphatic heterocycles. The van der Waals surface area contributed by atoms with E-state index >= 15 is 0 Å². The zero-order valence-corrected chi connectivity index (χ0v) is 14.6. The summed E-state index contributed by atoms with van der Waals surface area (Å²) >= 11 is 0. The third-order valence-corrected chi connectivity index (χ3v) is 5.60. The Morgan fingerprint density at radius 1 is 1.24 bits per heavy atom. The second kappa shape index (κ2) is 9.74. The average Bonchev–Trinajstić information content (AvgIpc) is 2.50. The molecule has 6 nitrogen and oxygen atoms in total. The van der Waals surface area contributed by atoms with Crippen molar-refractivity contribution < 1.29 is 8.42 Å². The Morgan fingerprint density at radius 3 is 2.52 bits per heavy atom. The fourth-order valence-corrected chi connectivity index (χ4v) is 3.59. The lowest BCUT2D eigenvalue weighted by Gasteiger charge is -2.32. The first-order chi connectivity index (χ1) is 9.97. The number of nitrogens with zero attached hydrogens (tertiary/aromatic N) is 2. The summed E-state index contributed by atoms with van der Waals surface area (Å²) in [5, 5.41) is 3.20. The molecule has 1 saturated heterocycles. The van der Waals surface area contributed by atoms with E-state index in [0.29, 0.717) is 13.1 Å². The SMILES string of the molecule is CCNCCCN(C)S(=O)(=O)NCC(C)N1CCCCC1. The van der Waals surface area contributed by atoms with Gasteiger partial charge in [-0.15, -0.1) is 0 Å². The van der Waals surface area contributed by atoms with Gasteiger partial charge in [0.05, 0.1) is 0 Å². The monoisotopic (exact) mass is 320 g/mol. The maximum Gasteiger partial charge on any atom is 0.279 e. The third-order valence-electron chi connectivity index (χ3n) is 4.06. The van der Waals surface area contributed by atoms with E-state index in [-0.39, 0.29) is 6.04 Å². The van der Waals surface area contributed by atoms with Gasteiger partial charge >= 0.3 is 0 Å². The van der Waals surface area contributed by atoms with Gasteiger partial charge in [0.1, 0.15) is 0 Å². The van der Waals surface area contributed by atoms with Gasteiger partial charge in [-0.3, -0.25) is 4.90 Å². The molecule has 0 bridgehead atoms. The van der Waals surface area contributed by atoms with Crippen LogP contribution in [0.3, 0.4) is 0 Å². The molecule has 21 heavy (non-hydrogen) atoms. The van der Waals surface area contributed by atoms with Crippen LogP contribution >= 0.6 is 0 Å². The molecule has 1 atom stereocenters. The first kappa shape index (κ1) is 18.8. The zero-order valence-electron chi connectivity index (χ0n) is 13.8. The molecule has 2 N–H and O–H groups in total. The molecular formula is C14H32N4O2S. The average molecular weight is 321 g/mol. The van der Waals surface area contributed by atoms with Gasteiger partial charge in [0.15, 0.2) is 0 Å². The lowest BCUT2D eigenvalue weighted by molar-refractivity contribution is 0.175. The van der Waals surface area contributed by atoms with Crippen LogP contribution in [-0.4, -0.2) is 70.0 Å². The molecule has 0 aromatic rings. The van der Waals surface area contributed by atoms with Gasteiger partial charge in [0.25, 0.3) is 10.2 Å². The molecule has 126 valence electrons. The Balaban J connectivity index is 2.30. The van der Waals surface area contributed by atoms with E-state index in [1.54, 1.807) is 7.05 Å². The Bertz CT molecular complexity index is 369. The van der Waals surface area contributed by atoms with Crippen molar-refractivity contribution in [2.45, 2.75) is 45.6 Å². The lowest BCUT2D eigenvalue weighted by Crippen LogP contribution is -2.47. The largest absolute Gasteiger partial charge is 0.317 e. The van der Waals surface area contributed by atoms with E-state index in [4.69, 9.17) is 0 Å². The van der Waals surface area contributed by atoms with Crippen molar-refractivity contribution in [3.63, 3.8) is 0 Å². The third kappa shape index (κ3) is 7.06. The van der Waals surface area contributed by atoms with Gasteiger partial charge in [0, 0.05) is 26.2 Å². The van der Waals surface area contributed by atoms with Gasteiger partial charge in [0.2, 0.25) is 0 Å². The summed E-state index contributed by atoms with van der Waals surface area (Å²) in [6.07, 6.45) is 4.57. The van der Waals surface area contributed by atoms with Crippen LogP contribution in [0.2, 0.25) is 0 Å². The Labute approximate surface area is 130 Å². The van der Waals surface area contributed by atoms with E-state index in [9.17, 15) is 8.42 Å². The van der Waals surface area contributed by atoms with E-state index < -0.39 is 10.2 Å². The highest BCUT2D eigenvalue weighted by atomic mass is 32.2. The molecule has 1 rings (SSSR count). The van der Waals surface area contributed by atoms with E-state index in [0.717, 1.165) is 32.6 Å². The summed E-state index contributed by atoms with van der Waals surface area (Å²) in [6, 6.07) is 0.259. The van der Waals surface area contributed by atoms with Crippen molar-refractivity contribution in [2.75, 3.05) is 46.3 Å². The first-order valence-electron chi connectivity index (χ1n) is 8.13. The predicted molar refractivity (Wildman–Crippen MR) is 87.6 cm³/mol. The van der Waals surface area contributed by atoms with Crippen LogP contribution in [-0.2, 0) is 10.2 Å². The normalized spacial score (nSPS) is 19.0. The topological polar surface area (TPSA) is 64.7 Å². The van der Waals surface area contributed by atoms with Gasteiger partial charge in [-0.1, -0.05) is 13.3 Å². The molecule has 7 heteroatoms. The van der Waals surface area contributed by atoms with Crippen LogP contribution in [0, 0.1) is 0 Å². The number of rotatable bonds is 10. The van der Waals surface area contributed by atoms with Gasteiger partial charge < -0.3 is 5.32 Å². The van der Waals surface area contributed by atoms with E-state index in [1.165, 1.54) is 23.6 Å². The molecule has 1 aliphatic rings. The van der Waals surface area contributed by atoms with Gasteiger partial charge in [-0.25, -0.2) is 4.72 Å². The summed E-state index contributed by atoms with van der Waals surface area (Å²) in [7, 11) is -1.71. The molecule has 0 aromatic carbocycles. The minimum Gasteiger partial charge on any atom is -0.317 e. The van der Waals surface area contributed by atoms with Crippen LogP contribution in [0.4, 0.5) is 0 Å². The summed E-state index contributed by atoms with van der Waals surface area (Å²) in [6.45, 7) is 9.11. The standard InChI is InChI=1S/C14H32N4O2S/c1-4-15-9-8-10-17(3)21(19,20)16-13-14(2)18-11-6-5-7-12-18/h14-16H,4-13H2,1-3H3. The van der Waals surface area contributed by atoms with Crippen LogP contribution in [0.5, 0.6) is 0 Å². The van der Waals surface area contributed by atoms with Crippen molar-refractivity contribution in [3.8, 4) is 0 Å². The van der Waals surface area contributed by atoms with Crippen LogP contribution in [0.25, 0.3) is 0 Å². The molecule has 0 spiro atoms. The molecule has 1 unspecified atom stereocenters. The minimum absolute atomic E-state index is 0.259. The van der Waals surface area contributed by atoms with Gasteiger partial charge in [-0.05, 0) is 52.4 Å². The van der Waals surface area contributed by atoms with Crippen LogP contribution in [0.1, 0.15) is 39.5 Å². The lowest BCUT2D eigenvalue weighted by atomic mass is 10.1. The highest BCUT2D eigenvalue weighted by molar-refractivity contribution is 7.87. The summed E-state index contributed by atoms with van der Waals surface area (Å²) < 4.78 is 28.5. The summed E-state index contributed by atoms with van der Waals surface area (Å²) in [5.74, 6) is 0. The van der Waals surface area contributed by atoms with Crippen LogP contribution in [0.15, 0.2) is 0 Å². The molecule has 0 aliphatic carbocycles. The van der Waals surface area contributed by atoms with Crippen molar-refractivity contribution in [1.82, 2.24) is 19.2 Å². The highest BCUT2D eigenvalue weighted by Gasteiger charge is 2.21. The second-order valence-corrected chi connectivity index (χ2v) is 7.69. The maximum atomic E-state index is 12.2. The molecule has 0 radical (unpaired) electrons. The number of piperidine rings is 1. The molecule has 0 amide bonds. The Morgan fingerprint density at radius 2 is 1.90 bits per heavy atom. The number of nitrogens with one attached hydrogen (secondary N) is 2. The molecule has 0 saturated carbocycles. The van der Waals surface area contributed by atoms with Crippen molar-refractivity contribution in [2.24, 2.45) is 0 Å². The smallest absolute Gasteiger partial charge is 0.279 e. The fraction of sp³-hybridized carbons (Fsp3) is 1.00. The molecule has 1 heterocycles. The molecule has 0 aromatic heterocycles. The zero-order chi connectivity index (χ0) is 15.7. The van der Waals surface area contributed by atoms with E-state index in [1.807, 2.05) is 6.92 Å². The molecule has 1 fully saturated rings. The number of hydrogen-bond acceptors (Lipinski definition) is 4. The summed E-state index contributed by atoms with van der Waals surface area (Å²) in [4.78, 5) is 2.37. The molecular weight excluding hydrogens is 288 g/mol. The Hall–Kier alpha value is -0.210. The minimum atomic E-state index is -3.35. The van der Waals surface area contributed by atoms with Crippen molar-refractivity contribution >= 4 is 10.2 Å².